The highest BCUT2D eigenvalue weighted by molar-refractivity contribution is 5.88. The van der Waals surface area contributed by atoms with Crippen molar-refractivity contribution in [3.63, 3.8) is 0 Å². The molecule has 0 saturated heterocycles. The summed E-state index contributed by atoms with van der Waals surface area (Å²) in [5.74, 6) is 0.296. The molecule has 1 aliphatic carbocycles. The lowest BCUT2D eigenvalue weighted by atomic mass is 9.77. The first kappa shape index (κ1) is 30.8. The summed E-state index contributed by atoms with van der Waals surface area (Å²) in [6.07, 6.45) is 11.2. The molecule has 0 radical (unpaired) electrons. The van der Waals surface area contributed by atoms with Gasteiger partial charge in [0.2, 0.25) is 0 Å². The van der Waals surface area contributed by atoms with Crippen LogP contribution in [0, 0.1) is 11.8 Å². The van der Waals surface area contributed by atoms with Gasteiger partial charge in [0.1, 0.15) is 0 Å². The Labute approximate surface area is 223 Å². The third-order valence-electron chi connectivity index (χ3n) is 7.09. The summed E-state index contributed by atoms with van der Waals surface area (Å²) in [6.45, 7) is 11.4. The molecule has 0 aromatic heterocycles. The number of hydrogen-bond acceptors (Lipinski definition) is 6. The molecule has 1 aromatic carbocycles. The van der Waals surface area contributed by atoms with Crippen LogP contribution in [0.5, 0.6) is 0 Å². The first-order valence-electron chi connectivity index (χ1n) is 13.8. The maximum Gasteiger partial charge on any atom is 0.335 e. The van der Waals surface area contributed by atoms with E-state index in [0.717, 1.165) is 11.5 Å². The molecule has 2 rings (SSSR count). The highest BCUT2D eigenvalue weighted by Crippen LogP contribution is 2.37. The fourth-order valence-electron chi connectivity index (χ4n) is 4.82. The van der Waals surface area contributed by atoms with Crippen LogP contribution in [-0.4, -0.2) is 50.1 Å². The van der Waals surface area contributed by atoms with Crippen LogP contribution in [0.3, 0.4) is 0 Å². The molecular weight excluding hydrogens is 468 g/mol. The summed E-state index contributed by atoms with van der Waals surface area (Å²) >= 11 is 0. The van der Waals surface area contributed by atoms with Crippen molar-refractivity contribution in [2.24, 2.45) is 11.8 Å². The first-order valence-corrected chi connectivity index (χ1v) is 13.8. The van der Waals surface area contributed by atoms with Crippen molar-refractivity contribution in [3.05, 3.63) is 59.7 Å². The highest BCUT2D eigenvalue weighted by Gasteiger charge is 2.22. The van der Waals surface area contributed by atoms with Crippen molar-refractivity contribution in [3.8, 4) is 0 Å². The predicted molar refractivity (Wildman–Crippen MR) is 146 cm³/mol. The average molecular weight is 515 g/mol. The third kappa shape index (κ3) is 11.7. The topological polar surface area (TPSA) is 82.1 Å². The third-order valence-corrected chi connectivity index (χ3v) is 7.09. The van der Waals surface area contributed by atoms with Crippen LogP contribution in [0.15, 0.2) is 48.6 Å². The van der Waals surface area contributed by atoms with Crippen molar-refractivity contribution in [2.75, 3.05) is 33.0 Å². The van der Waals surface area contributed by atoms with Gasteiger partial charge in [0.05, 0.1) is 38.6 Å². The molecule has 6 nitrogen and oxygen atoms in total. The number of rotatable bonds is 17. The van der Waals surface area contributed by atoms with E-state index in [1.165, 1.54) is 56.9 Å². The van der Waals surface area contributed by atoms with Gasteiger partial charge in [0.25, 0.3) is 0 Å². The number of unbranched alkanes of at least 4 members (excludes halogenated alkanes) is 2. The number of aliphatic hydroxyl groups is 1. The van der Waals surface area contributed by atoms with E-state index in [0.29, 0.717) is 17.9 Å². The Morgan fingerprint density at radius 2 is 1.65 bits per heavy atom. The van der Waals surface area contributed by atoms with Crippen LogP contribution < -0.4 is 0 Å². The Balaban J connectivity index is 1.91. The Morgan fingerprint density at radius 3 is 2.24 bits per heavy atom. The molecule has 1 aromatic rings. The second-order valence-corrected chi connectivity index (χ2v) is 10.4. The van der Waals surface area contributed by atoms with Crippen LogP contribution in [0.4, 0.5) is 0 Å². The minimum Gasteiger partial charge on any atom is -0.462 e. The van der Waals surface area contributed by atoms with Gasteiger partial charge in [-0.25, -0.2) is 9.59 Å². The van der Waals surface area contributed by atoms with E-state index in [1.807, 2.05) is 0 Å². The molecule has 0 bridgehead atoms. The smallest absolute Gasteiger partial charge is 0.335 e. The number of hydrogen-bond donors (Lipinski definition) is 1. The van der Waals surface area contributed by atoms with Crippen LogP contribution in [-0.2, 0) is 30.2 Å². The molecule has 1 unspecified atom stereocenters. The number of benzene rings is 1. The van der Waals surface area contributed by atoms with E-state index in [2.05, 4.69) is 44.3 Å². The van der Waals surface area contributed by atoms with Gasteiger partial charge in [-0.05, 0) is 62.0 Å². The number of carbonyl (C=O) groups excluding carboxylic acids is 2. The second-order valence-electron chi connectivity index (χ2n) is 10.4. The van der Waals surface area contributed by atoms with Crippen LogP contribution in [0.2, 0.25) is 0 Å². The number of carbonyl (C=O) groups is 2. The average Bonchev–Trinajstić information content (AvgIpc) is 2.90. The molecule has 1 fully saturated rings. The highest BCUT2D eigenvalue weighted by atomic mass is 16.5. The second kappa shape index (κ2) is 17.1. The molecule has 0 amide bonds. The number of aliphatic hydroxyl groups excluding tert-OH is 1. The molecule has 206 valence electrons. The summed E-state index contributed by atoms with van der Waals surface area (Å²) in [4.78, 5) is 24.2. The van der Waals surface area contributed by atoms with Gasteiger partial charge in [-0.3, -0.25) is 0 Å². The van der Waals surface area contributed by atoms with E-state index in [4.69, 9.17) is 19.3 Å². The lowest BCUT2D eigenvalue weighted by molar-refractivity contribution is -0.144. The standard InChI is InChI=1S/C31H46O6/c1-5-6-7-8-25-9-13-28(14-10-25)29-15-11-26(12-16-29)19-27(21-36-30(33)23(2)3)22-37-31(34)24(4)20-35-18-17-32/h11-12,15-16,25,27-28,32H,2,4-10,13-14,17-22H2,1,3H3. The van der Waals surface area contributed by atoms with Gasteiger partial charge in [0.15, 0.2) is 0 Å². The molecule has 37 heavy (non-hydrogen) atoms. The van der Waals surface area contributed by atoms with E-state index in [1.54, 1.807) is 6.92 Å². The predicted octanol–water partition coefficient (Wildman–Crippen LogP) is 5.93. The van der Waals surface area contributed by atoms with Crippen molar-refractivity contribution in [1.82, 2.24) is 0 Å². The maximum absolute atomic E-state index is 12.3. The quantitative estimate of drug-likeness (QED) is 0.158. The summed E-state index contributed by atoms with van der Waals surface area (Å²) in [7, 11) is 0. The van der Waals surface area contributed by atoms with E-state index in [-0.39, 0.29) is 44.5 Å². The Hall–Kier alpha value is -2.44. The van der Waals surface area contributed by atoms with Gasteiger partial charge >= 0.3 is 11.9 Å². The van der Waals surface area contributed by atoms with Gasteiger partial charge in [-0.15, -0.1) is 0 Å². The molecule has 0 aliphatic heterocycles. The van der Waals surface area contributed by atoms with Gasteiger partial charge < -0.3 is 19.3 Å². The van der Waals surface area contributed by atoms with Crippen molar-refractivity contribution < 1.29 is 28.9 Å². The fraction of sp³-hybridized carbons (Fsp3) is 0.613. The number of ether oxygens (including phenoxy) is 3. The van der Waals surface area contributed by atoms with Crippen LogP contribution in [0.1, 0.15) is 82.3 Å². The SMILES string of the molecule is C=C(C)C(=O)OCC(COC(=O)C(=C)COCCO)Cc1ccc(C2CCC(CCCCC)CC2)cc1. The summed E-state index contributed by atoms with van der Waals surface area (Å²) < 4.78 is 15.9. The van der Waals surface area contributed by atoms with Crippen LogP contribution >= 0.6 is 0 Å². The molecule has 1 N–H and O–H groups in total. The molecule has 0 spiro atoms. The summed E-state index contributed by atoms with van der Waals surface area (Å²) in [5, 5.41) is 8.80. The summed E-state index contributed by atoms with van der Waals surface area (Å²) in [5.41, 5.74) is 3.01. The minimum atomic E-state index is -0.560. The molecular formula is C31H46O6. The number of esters is 2. The zero-order valence-electron chi connectivity index (χ0n) is 22.8. The first-order chi connectivity index (χ1) is 17.8. The zero-order chi connectivity index (χ0) is 27.0. The summed E-state index contributed by atoms with van der Waals surface area (Å²) in [6, 6.07) is 8.72. The van der Waals surface area contributed by atoms with E-state index in [9.17, 15) is 9.59 Å². The molecule has 1 aliphatic rings. The monoisotopic (exact) mass is 514 g/mol. The molecule has 0 heterocycles. The maximum atomic E-state index is 12.3. The van der Waals surface area contributed by atoms with Crippen LogP contribution in [0.25, 0.3) is 0 Å². The largest absolute Gasteiger partial charge is 0.462 e. The Bertz CT molecular complexity index is 851. The molecule has 6 heteroatoms. The Morgan fingerprint density at radius 1 is 1.00 bits per heavy atom. The van der Waals surface area contributed by atoms with Gasteiger partial charge in [0, 0.05) is 11.5 Å². The normalized spacial score (nSPS) is 18.1. The Kier molecular flexibility index (Phi) is 14.3. The molecule has 1 saturated carbocycles. The van der Waals surface area contributed by atoms with Crippen molar-refractivity contribution in [2.45, 2.75) is 77.6 Å². The lowest BCUT2D eigenvalue weighted by Crippen LogP contribution is -2.24. The zero-order valence-corrected chi connectivity index (χ0v) is 22.8. The van der Waals surface area contributed by atoms with Crippen molar-refractivity contribution in [1.29, 1.82) is 0 Å². The van der Waals surface area contributed by atoms with Crippen molar-refractivity contribution >= 4 is 11.9 Å². The van der Waals surface area contributed by atoms with E-state index < -0.39 is 11.9 Å². The molecule has 1 atom stereocenters. The fourth-order valence-corrected chi connectivity index (χ4v) is 4.82. The van der Waals surface area contributed by atoms with Gasteiger partial charge in [-0.2, -0.15) is 0 Å². The lowest BCUT2D eigenvalue weighted by Gasteiger charge is -2.29. The van der Waals surface area contributed by atoms with E-state index >= 15 is 0 Å². The van der Waals surface area contributed by atoms with Gasteiger partial charge in [-0.1, -0.05) is 70.0 Å². The minimum absolute atomic E-state index is 0.00315.